The minimum Gasteiger partial charge on any atom is -0.378 e. The fourth-order valence-electron chi connectivity index (χ4n) is 5.42. The Kier molecular flexibility index (Phi) is 6.51. The largest absolute Gasteiger partial charge is 0.378 e. The minimum absolute atomic E-state index is 0.0809. The van der Waals surface area contributed by atoms with Crippen LogP contribution in [0.3, 0.4) is 0 Å². The number of amides is 1. The number of piperidine rings is 1. The third-order valence-corrected chi connectivity index (χ3v) is 7.38. The van der Waals surface area contributed by atoms with E-state index < -0.39 is 0 Å². The molecule has 1 saturated heterocycles. The summed E-state index contributed by atoms with van der Waals surface area (Å²) in [4.78, 5) is 16.9. The van der Waals surface area contributed by atoms with Crippen molar-refractivity contribution in [2.75, 3.05) is 28.2 Å². The van der Waals surface area contributed by atoms with E-state index in [1.54, 1.807) is 6.92 Å². The predicted octanol–water partition coefficient (Wildman–Crippen LogP) is 7.30. The highest BCUT2D eigenvalue weighted by Gasteiger charge is 2.32. The lowest BCUT2D eigenvalue weighted by molar-refractivity contribution is -0.117. The van der Waals surface area contributed by atoms with Gasteiger partial charge >= 0.3 is 0 Å². The van der Waals surface area contributed by atoms with Crippen molar-refractivity contribution in [1.29, 1.82) is 0 Å². The van der Waals surface area contributed by atoms with Gasteiger partial charge in [0, 0.05) is 48.1 Å². The molecule has 0 aromatic heterocycles. The Labute approximate surface area is 207 Å². The maximum Gasteiger partial charge on any atom is 0.224 e. The number of fused-ring (bicyclic) bond motifs is 1. The van der Waals surface area contributed by atoms with Crippen LogP contribution in [-0.2, 0) is 4.79 Å². The Bertz CT molecular complexity index is 1150. The lowest BCUT2D eigenvalue weighted by Gasteiger charge is -2.39. The number of hydrogen-bond donors (Lipinski definition) is 1. The highest BCUT2D eigenvalue weighted by molar-refractivity contribution is 6.30. The summed E-state index contributed by atoms with van der Waals surface area (Å²) in [6.45, 7) is 6.07. The Balaban J connectivity index is 1.47. The standard InChI is InChI=1S/C29H32ClN3O/c1-20-18-28(31-25-11-9-24(30)10-12-25)27-19-23(8-15-29(27)33(20)21(2)34)22-6-13-26(14-7-22)32-16-4-3-5-17-32/h6-15,19-20,28,31H,3-5,16-18H2,1-2H3/t20-,28+/m1/s1. The molecule has 5 heteroatoms. The molecule has 2 atom stereocenters. The number of carbonyl (C=O) groups is 1. The summed E-state index contributed by atoms with van der Waals surface area (Å²) < 4.78 is 0. The molecule has 2 heterocycles. The fourth-order valence-corrected chi connectivity index (χ4v) is 5.55. The van der Waals surface area contributed by atoms with Crippen LogP contribution >= 0.6 is 11.6 Å². The summed E-state index contributed by atoms with van der Waals surface area (Å²) in [7, 11) is 0. The first-order chi connectivity index (χ1) is 16.5. The van der Waals surface area contributed by atoms with Gasteiger partial charge in [-0.25, -0.2) is 0 Å². The van der Waals surface area contributed by atoms with Crippen LogP contribution in [0.5, 0.6) is 0 Å². The molecule has 0 saturated carbocycles. The summed E-state index contributed by atoms with van der Waals surface area (Å²) in [5.41, 5.74) is 6.85. The lowest BCUT2D eigenvalue weighted by atomic mass is 9.89. The van der Waals surface area contributed by atoms with Gasteiger partial charge < -0.3 is 15.1 Å². The number of nitrogens with zero attached hydrogens (tertiary/aromatic N) is 2. The van der Waals surface area contributed by atoms with Crippen molar-refractivity contribution in [3.63, 3.8) is 0 Å². The molecule has 0 radical (unpaired) electrons. The van der Waals surface area contributed by atoms with Crippen molar-refractivity contribution >= 4 is 34.6 Å². The third kappa shape index (κ3) is 4.65. The molecule has 4 nitrogen and oxygen atoms in total. The molecule has 176 valence electrons. The van der Waals surface area contributed by atoms with Gasteiger partial charge in [-0.15, -0.1) is 0 Å². The number of anilines is 3. The highest BCUT2D eigenvalue weighted by Crippen LogP contribution is 2.41. The molecule has 1 fully saturated rings. The molecular weight excluding hydrogens is 442 g/mol. The van der Waals surface area contributed by atoms with Gasteiger partial charge in [0.05, 0.1) is 6.04 Å². The molecule has 0 bridgehead atoms. The van der Waals surface area contributed by atoms with E-state index in [-0.39, 0.29) is 18.0 Å². The van der Waals surface area contributed by atoms with E-state index in [0.717, 1.165) is 41.5 Å². The summed E-state index contributed by atoms with van der Waals surface area (Å²) in [6, 6.07) is 23.5. The smallest absolute Gasteiger partial charge is 0.224 e. The van der Waals surface area contributed by atoms with Gasteiger partial charge in [-0.3, -0.25) is 4.79 Å². The Morgan fingerprint density at radius 3 is 2.26 bits per heavy atom. The molecule has 1 amide bonds. The molecule has 3 aromatic rings. The van der Waals surface area contributed by atoms with Crippen molar-refractivity contribution in [2.24, 2.45) is 0 Å². The second kappa shape index (κ2) is 9.71. The minimum atomic E-state index is 0.0809. The maximum absolute atomic E-state index is 12.5. The van der Waals surface area contributed by atoms with Gasteiger partial charge in [-0.2, -0.15) is 0 Å². The number of carbonyl (C=O) groups excluding carboxylic acids is 1. The van der Waals surface area contributed by atoms with E-state index in [2.05, 4.69) is 59.6 Å². The van der Waals surface area contributed by atoms with E-state index in [1.807, 2.05) is 29.2 Å². The normalized spacial score (nSPS) is 20.1. The number of benzene rings is 3. The highest BCUT2D eigenvalue weighted by atomic mass is 35.5. The number of halogens is 1. The van der Waals surface area contributed by atoms with Crippen LogP contribution in [0.4, 0.5) is 17.1 Å². The average molecular weight is 474 g/mol. The number of nitrogens with one attached hydrogen (secondary N) is 1. The van der Waals surface area contributed by atoms with E-state index >= 15 is 0 Å². The van der Waals surface area contributed by atoms with Crippen LogP contribution in [0.1, 0.15) is 51.1 Å². The van der Waals surface area contributed by atoms with Gasteiger partial charge in [-0.05, 0) is 97.8 Å². The van der Waals surface area contributed by atoms with E-state index in [9.17, 15) is 4.79 Å². The zero-order valence-corrected chi connectivity index (χ0v) is 20.7. The molecule has 2 aliphatic rings. The Morgan fingerprint density at radius 1 is 0.912 bits per heavy atom. The lowest BCUT2D eigenvalue weighted by Crippen LogP contribution is -2.43. The fraction of sp³-hybridized carbons (Fsp3) is 0.345. The maximum atomic E-state index is 12.5. The second-order valence-electron chi connectivity index (χ2n) is 9.55. The van der Waals surface area contributed by atoms with E-state index in [0.29, 0.717) is 0 Å². The molecule has 34 heavy (non-hydrogen) atoms. The third-order valence-electron chi connectivity index (χ3n) is 7.13. The van der Waals surface area contributed by atoms with Gasteiger partial charge in [0.1, 0.15) is 0 Å². The molecular formula is C29H32ClN3O. The molecule has 2 aliphatic heterocycles. The number of rotatable bonds is 4. The first-order valence-corrected chi connectivity index (χ1v) is 12.7. The van der Waals surface area contributed by atoms with Crippen molar-refractivity contribution < 1.29 is 4.79 Å². The van der Waals surface area contributed by atoms with Crippen LogP contribution < -0.4 is 15.1 Å². The summed E-state index contributed by atoms with van der Waals surface area (Å²) >= 11 is 6.09. The SMILES string of the molecule is CC(=O)N1c2ccc(-c3ccc(N4CCCCC4)cc3)cc2[C@@H](Nc2ccc(Cl)cc2)C[C@H]1C. The van der Waals surface area contributed by atoms with Gasteiger partial charge in [0.15, 0.2) is 0 Å². The second-order valence-corrected chi connectivity index (χ2v) is 9.98. The zero-order valence-electron chi connectivity index (χ0n) is 19.9. The molecule has 5 rings (SSSR count). The van der Waals surface area contributed by atoms with E-state index in [4.69, 9.17) is 11.6 Å². The predicted molar refractivity (Wildman–Crippen MR) is 143 cm³/mol. The van der Waals surface area contributed by atoms with Crippen molar-refractivity contribution in [2.45, 2.75) is 51.6 Å². The van der Waals surface area contributed by atoms with Gasteiger partial charge in [0.2, 0.25) is 5.91 Å². The summed E-state index contributed by atoms with van der Waals surface area (Å²) in [6.07, 6.45) is 4.73. The van der Waals surface area contributed by atoms with Crippen molar-refractivity contribution in [3.8, 4) is 11.1 Å². The monoisotopic (exact) mass is 473 g/mol. The summed E-state index contributed by atoms with van der Waals surface area (Å²) in [5.74, 6) is 0.0809. The van der Waals surface area contributed by atoms with Crippen LogP contribution in [0, 0.1) is 0 Å². The van der Waals surface area contributed by atoms with Crippen LogP contribution in [0.15, 0.2) is 66.7 Å². The van der Waals surface area contributed by atoms with Gasteiger partial charge in [-0.1, -0.05) is 29.8 Å². The Morgan fingerprint density at radius 2 is 1.59 bits per heavy atom. The molecule has 0 aliphatic carbocycles. The van der Waals surface area contributed by atoms with Crippen LogP contribution in [-0.4, -0.2) is 25.0 Å². The first kappa shape index (κ1) is 22.8. The van der Waals surface area contributed by atoms with Crippen molar-refractivity contribution in [3.05, 3.63) is 77.3 Å². The van der Waals surface area contributed by atoms with Gasteiger partial charge in [0.25, 0.3) is 0 Å². The van der Waals surface area contributed by atoms with Crippen LogP contribution in [0.2, 0.25) is 5.02 Å². The van der Waals surface area contributed by atoms with Crippen molar-refractivity contribution in [1.82, 2.24) is 0 Å². The number of hydrogen-bond acceptors (Lipinski definition) is 3. The molecule has 0 unspecified atom stereocenters. The molecule has 3 aromatic carbocycles. The molecule has 0 spiro atoms. The van der Waals surface area contributed by atoms with E-state index in [1.165, 1.54) is 36.1 Å². The summed E-state index contributed by atoms with van der Waals surface area (Å²) in [5, 5.41) is 4.40. The first-order valence-electron chi connectivity index (χ1n) is 12.3. The van der Waals surface area contributed by atoms with Crippen LogP contribution in [0.25, 0.3) is 11.1 Å². The topological polar surface area (TPSA) is 35.6 Å². The quantitative estimate of drug-likeness (QED) is 0.432. The zero-order chi connectivity index (χ0) is 23.7. The Hall–Kier alpha value is -2.98. The molecule has 1 N–H and O–H groups in total. The average Bonchev–Trinajstić information content (AvgIpc) is 2.85.